The standard InChI is InChI=1S/C54H99Si10.3ClH.Ti/c1-38-39(2)41(4)51(40(38)3)64(48-35-42(55(5,6)7)32-45(58(14,15)16)52(48)61(23,24)25,49-36-43(56(8,9)10)33-46(59(17,18)19)53(49)62(26,27)28)50-37-44(57(11,12)13)34-47(60(20,21)22)54(50)63(29,30)31;;;;/h32-37H,1-31H3;3*1H;/q;;;;+3/p-3. The van der Waals surface area contributed by atoms with E-state index in [1.165, 1.54) is 0 Å². The number of benzene rings is 3. The Morgan fingerprint density at radius 3 is 0.603 bits per heavy atom. The van der Waals surface area contributed by atoms with E-state index < -0.39 is 80.7 Å². The molecule has 14 heteroatoms. The first-order valence-electron chi connectivity index (χ1n) is 25.2. The van der Waals surface area contributed by atoms with Gasteiger partial charge in [-0.25, -0.2) is 0 Å². The zero-order valence-corrected chi connectivity index (χ0v) is 63.4. The van der Waals surface area contributed by atoms with Crippen molar-refractivity contribution in [2.45, 2.75) is 208 Å². The summed E-state index contributed by atoms with van der Waals surface area (Å²) in [6, 6.07) is 17.6. The molecule has 1 aliphatic carbocycles. The van der Waals surface area contributed by atoms with Gasteiger partial charge >= 0.3 is 430 Å². The molecule has 0 amide bonds. The Bertz CT molecular complexity index is 2190. The fourth-order valence-electron chi connectivity index (χ4n) is 11.3. The molecule has 0 bridgehead atoms. The van der Waals surface area contributed by atoms with Gasteiger partial charge < -0.3 is 37.2 Å². The Labute approximate surface area is 462 Å². The summed E-state index contributed by atoms with van der Waals surface area (Å²) < 4.78 is -0.184. The van der Waals surface area contributed by atoms with Crippen molar-refractivity contribution in [3.05, 3.63) is 58.7 Å². The van der Waals surface area contributed by atoms with Gasteiger partial charge in [-0.05, 0) is 0 Å². The van der Waals surface area contributed by atoms with E-state index in [2.05, 4.69) is 261 Å². The average molecular weight is 1180 g/mol. The molecule has 0 spiro atoms. The second-order valence-electron chi connectivity index (χ2n) is 30.1. The van der Waals surface area contributed by atoms with E-state index in [1.807, 2.05) is 31.1 Å². The molecule has 68 heavy (non-hydrogen) atoms. The molecule has 0 nitrogen and oxygen atoms in total. The summed E-state index contributed by atoms with van der Waals surface area (Å²) in [6.07, 6.45) is 0. The maximum Gasteiger partial charge on any atom is -1.00 e. The second kappa shape index (κ2) is 20.8. The number of halogens is 3. The molecular weight excluding hydrogens is 1080 g/mol. The summed E-state index contributed by atoms with van der Waals surface area (Å²) in [4.78, 5) is 0. The molecule has 0 aliphatic heterocycles. The van der Waals surface area contributed by atoms with Crippen molar-refractivity contribution in [2.75, 3.05) is 0 Å². The third kappa shape index (κ3) is 12.3. The Morgan fingerprint density at radius 2 is 0.456 bits per heavy atom. The van der Waals surface area contributed by atoms with Crippen molar-refractivity contribution < 1.29 is 57.7 Å². The Morgan fingerprint density at radius 1 is 0.279 bits per heavy atom. The quantitative estimate of drug-likeness (QED) is 0.178. The molecule has 0 fully saturated rings. The Hall–Kier alpha value is 0.893. The van der Waals surface area contributed by atoms with Crippen LogP contribution in [-0.2, 0) is 20.4 Å². The predicted molar refractivity (Wildman–Crippen MR) is 330 cm³/mol. The Balaban J connectivity index is 0.00000771. The minimum absolute atomic E-state index is 0. The third-order valence-electron chi connectivity index (χ3n) is 15.3. The summed E-state index contributed by atoms with van der Waals surface area (Å²) in [5.74, 6) is 0. The maximum atomic E-state index is 3.03. The molecular formula is C54H99Cl3Si10Ti. The van der Waals surface area contributed by atoms with Crippen LogP contribution in [0.5, 0.6) is 0 Å². The summed E-state index contributed by atoms with van der Waals surface area (Å²) in [5.41, 5.74) is 6.45. The molecule has 0 aromatic heterocycles. The topological polar surface area (TPSA) is 0 Å². The van der Waals surface area contributed by atoms with Crippen LogP contribution in [0.2, 0.25) is 180 Å². The number of hydrogen-bond acceptors (Lipinski definition) is 0. The van der Waals surface area contributed by atoms with E-state index in [9.17, 15) is 0 Å². The largest absolute Gasteiger partial charge is 1.00 e. The molecule has 0 atom stereocenters. The van der Waals surface area contributed by atoms with E-state index in [4.69, 9.17) is 0 Å². The van der Waals surface area contributed by atoms with Crippen molar-refractivity contribution in [3.63, 3.8) is 0 Å². The van der Waals surface area contributed by atoms with Crippen LogP contribution in [0.3, 0.4) is 0 Å². The average Bonchev–Trinajstić information content (AvgIpc) is 3.22. The molecule has 0 heterocycles. The van der Waals surface area contributed by atoms with Crippen LogP contribution in [0.4, 0.5) is 0 Å². The van der Waals surface area contributed by atoms with Gasteiger partial charge in [-0.15, -0.1) is 0 Å². The van der Waals surface area contributed by atoms with Crippen LogP contribution >= 0.6 is 0 Å². The van der Waals surface area contributed by atoms with Crippen LogP contribution < -0.4 is 99.5 Å². The molecule has 380 valence electrons. The van der Waals surface area contributed by atoms with Crippen molar-refractivity contribution in [2.24, 2.45) is 0 Å². The van der Waals surface area contributed by atoms with Crippen molar-refractivity contribution in [1.82, 2.24) is 0 Å². The van der Waals surface area contributed by atoms with Gasteiger partial charge in [0.05, 0.1) is 0 Å². The SMILES string of the molecule is CC1=C(C)[C]([Ti+3])([Si](c2cc([Si](C)(C)C)cc([Si](C)(C)C)c2[Si](C)(C)C)(c2cc([Si](C)(C)C)cc([Si](C)(C)C)c2[Si](C)(C)C)c2cc([Si](C)(C)C)cc([Si](C)(C)C)c2[Si](C)(C)C)C(C)=C1C.[Cl-].[Cl-].[Cl-]. The van der Waals surface area contributed by atoms with Gasteiger partial charge in [-0.3, -0.25) is 0 Å². The minimum atomic E-state index is -3.33. The van der Waals surface area contributed by atoms with E-state index in [0.29, 0.717) is 0 Å². The molecule has 0 radical (unpaired) electrons. The molecule has 0 saturated carbocycles. The second-order valence-corrected chi connectivity index (χ2v) is 81.3. The number of hydrogen-bond donors (Lipinski definition) is 0. The van der Waals surface area contributed by atoms with Crippen LogP contribution in [0.15, 0.2) is 58.7 Å². The first kappa shape index (κ1) is 66.9. The predicted octanol–water partition coefficient (Wildman–Crippen LogP) is 1.01. The Kier molecular flexibility index (Phi) is 20.5. The van der Waals surface area contributed by atoms with Crippen molar-refractivity contribution in [3.8, 4) is 0 Å². The van der Waals surface area contributed by atoms with Crippen molar-refractivity contribution in [1.29, 1.82) is 0 Å². The molecule has 1 aliphatic rings. The van der Waals surface area contributed by atoms with Gasteiger partial charge in [0.25, 0.3) is 0 Å². The van der Waals surface area contributed by atoms with Crippen LogP contribution in [-0.4, -0.2) is 80.7 Å². The minimum Gasteiger partial charge on any atom is -1.00 e. The van der Waals surface area contributed by atoms with E-state index >= 15 is 0 Å². The molecule has 3 aromatic carbocycles. The first-order valence-corrected chi connectivity index (χ1v) is 59.5. The zero-order chi connectivity index (χ0) is 51.0. The summed E-state index contributed by atoms with van der Waals surface area (Å²) in [7, 11) is -20.8. The van der Waals surface area contributed by atoms with Gasteiger partial charge in [0.1, 0.15) is 0 Å². The van der Waals surface area contributed by atoms with Crippen LogP contribution in [0.25, 0.3) is 0 Å². The van der Waals surface area contributed by atoms with E-state index in [1.54, 1.807) is 53.4 Å². The molecule has 0 saturated heterocycles. The summed E-state index contributed by atoms with van der Waals surface area (Å²) in [5, 5.41) is 21.6. The van der Waals surface area contributed by atoms with Gasteiger partial charge in [0, 0.05) is 0 Å². The number of rotatable bonds is 13. The van der Waals surface area contributed by atoms with Crippen LogP contribution in [0, 0.1) is 0 Å². The number of allylic oxidation sites excluding steroid dienone is 4. The monoisotopic (exact) mass is 1180 g/mol. The zero-order valence-electron chi connectivity index (χ0n) is 49.6. The fraction of sp³-hybridized carbons (Fsp3) is 0.593. The van der Waals surface area contributed by atoms with Gasteiger partial charge in [-0.2, -0.15) is 0 Å². The summed E-state index contributed by atoms with van der Waals surface area (Å²) in [6.45, 7) is 83.2. The van der Waals surface area contributed by atoms with E-state index in [0.717, 1.165) is 0 Å². The van der Waals surface area contributed by atoms with Gasteiger partial charge in [0.2, 0.25) is 0 Å². The molecule has 3 aromatic rings. The fourth-order valence-corrected chi connectivity index (χ4v) is 46.2. The third-order valence-corrected chi connectivity index (χ3v) is 43.4. The molecule has 0 unspecified atom stereocenters. The maximum absolute atomic E-state index is 3.33. The smallest absolute Gasteiger partial charge is 1.00 e. The molecule has 4 rings (SSSR count). The van der Waals surface area contributed by atoms with Gasteiger partial charge in [0.15, 0.2) is 0 Å². The van der Waals surface area contributed by atoms with Crippen molar-refractivity contribution >= 4 is 143 Å². The van der Waals surface area contributed by atoms with Gasteiger partial charge in [-0.1, -0.05) is 0 Å². The molecule has 0 N–H and O–H groups in total. The normalized spacial score (nSPS) is 15.9. The first-order chi connectivity index (χ1) is 28.5. The summed E-state index contributed by atoms with van der Waals surface area (Å²) >= 11 is 2.88. The van der Waals surface area contributed by atoms with E-state index in [-0.39, 0.29) is 40.6 Å². The van der Waals surface area contributed by atoms with Crippen LogP contribution in [0.1, 0.15) is 27.7 Å².